The molecule has 0 spiro atoms. The van der Waals surface area contributed by atoms with Gasteiger partial charge in [-0.25, -0.2) is 9.18 Å². The molecule has 2 rings (SSSR count). The molecule has 0 aromatic heterocycles. The molecule has 0 heterocycles. The lowest BCUT2D eigenvalue weighted by atomic mass is 10.2. The maximum atomic E-state index is 13.7. The minimum Gasteiger partial charge on any atom is -0.478 e. The van der Waals surface area contributed by atoms with Crippen LogP contribution in [0.4, 0.5) is 4.39 Å². The zero-order valence-corrected chi connectivity index (χ0v) is 12.3. The molecule has 0 atom stereocenters. The van der Waals surface area contributed by atoms with Crippen molar-refractivity contribution in [3.63, 3.8) is 0 Å². The van der Waals surface area contributed by atoms with Crippen molar-refractivity contribution in [3.05, 3.63) is 57.8 Å². The molecule has 100 valence electrons. The molecule has 0 saturated carbocycles. The van der Waals surface area contributed by atoms with Gasteiger partial charge in [0.05, 0.1) is 11.1 Å². The summed E-state index contributed by atoms with van der Waals surface area (Å²) in [5.41, 5.74) is 0.397. The second-order valence-electron chi connectivity index (χ2n) is 3.80. The largest absolute Gasteiger partial charge is 0.478 e. The van der Waals surface area contributed by atoms with E-state index in [2.05, 4.69) is 15.9 Å². The number of hydrogen-bond donors (Lipinski definition) is 1. The van der Waals surface area contributed by atoms with Gasteiger partial charge in [0.15, 0.2) is 0 Å². The molecule has 0 aliphatic carbocycles. The Balaban J connectivity index is 2.42. The van der Waals surface area contributed by atoms with Crippen LogP contribution in [0.2, 0.25) is 0 Å². The fraction of sp³-hybridized carbons (Fsp3) is 0. The van der Waals surface area contributed by atoms with Crippen LogP contribution in [-0.2, 0) is 0 Å². The van der Waals surface area contributed by atoms with E-state index in [1.165, 1.54) is 12.1 Å². The summed E-state index contributed by atoms with van der Waals surface area (Å²) in [7, 11) is 0. The van der Waals surface area contributed by atoms with Crippen LogP contribution in [-0.4, -0.2) is 11.1 Å². The van der Waals surface area contributed by atoms with E-state index in [9.17, 15) is 9.18 Å². The minimum absolute atomic E-state index is 0.00418. The van der Waals surface area contributed by atoms with Gasteiger partial charge in [-0.3, -0.25) is 0 Å². The van der Waals surface area contributed by atoms with Gasteiger partial charge in [-0.15, -0.1) is 0 Å². The molecule has 0 aliphatic heterocycles. The van der Waals surface area contributed by atoms with Crippen LogP contribution in [0.5, 0.6) is 0 Å². The molecule has 20 heavy (non-hydrogen) atoms. The lowest BCUT2D eigenvalue weighted by Crippen LogP contribution is -1.97. The van der Waals surface area contributed by atoms with Crippen molar-refractivity contribution in [2.45, 2.75) is 9.79 Å². The van der Waals surface area contributed by atoms with Crippen LogP contribution in [0.3, 0.4) is 0 Å². The van der Waals surface area contributed by atoms with Crippen molar-refractivity contribution in [1.29, 1.82) is 5.26 Å². The molecule has 0 bridgehead atoms. The number of hydrogen-bond acceptors (Lipinski definition) is 3. The Morgan fingerprint density at radius 1 is 1.25 bits per heavy atom. The standard InChI is InChI=1S/C14H7BrFNO2S/c15-10-2-4-12(9(5-10)7-17)20-13-6-8(14(18)19)1-3-11(13)16/h1-6H,(H,18,19). The summed E-state index contributed by atoms with van der Waals surface area (Å²) < 4.78 is 14.5. The Kier molecular flexibility index (Phi) is 4.42. The van der Waals surface area contributed by atoms with Crippen LogP contribution >= 0.6 is 27.7 Å². The highest BCUT2D eigenvalue weighted by Gasteiger charge is 2.12. The van der Waals surface area contributed by atoms with Gasteiger partial charge in [-0.05, 0) is 36.4 Å². The van der Waals surface area contributed by atoms with E-state index in [0.29, 0.717) is 10.5 Å². The van der Waals surface area contributed by atoms with Crippen LogP contribution < -0.4 is 0 Å². The molecule has 2 aromatic carbocycles. The Morgan fingerprint density at radius 2 is 2.00 bits per heavy atom. The van der Waals surface area contributed by atoms with Crippen LogP contribution in [0.15, 0.2) is 50.7 Å². The normalized spacial score (nSPS) is 10.1. The first-order valence-electron chi connectivity index (χ1n) is 5.41. The summed E-state index contributed by atoms with van der Waals surface area (Å²) in [4.78, 5) is 11.6. The van der Waals surface area contributed by atoms with Crippen LogP contribution in [0.25, 0.3) is 0 Å². The van der Waals surface area contributed by atoms with Gasteiger partial charge in [-0.2, -0.15) is 5.26 Å². The fourth-order valence-electron chi connectivity index (χ4n) is 1.51. The highest BCUT2D eigenvalue weighted by atomic mass is 79.9. The Hall–Kier alpha value is -1.84. The molecule has 0 unspecified atom stereocenters. The third kappa shape index (κ3) is 3.18. The van der Waals surface area contributed by atoms with Crippen molar-refractivity contribution in [2.75, 3.05) is 0 Å². The zero-order valence-electron chi connectivity index (χ0n) is 9.93. The molecule has 0 amide bonds. The van der Waals surface area contributed by atoms with Crippen LogP contribution in [0.1, 0.15) is 15.9 Å². The monoisotopic (exact) mass is 351 g/mol. The van der Waals surface area contributed by atoms with Gasteiger partial charge in [0.1, 0.15) is 11.9 Å². The third-order valence-corrected chi connectivity index (χ3v) is 4.06. The lowest BCUT2D eigenvalue weighted by Gasteiger charge is -2.06. The summed E-state index contributed by atoms with van der Waals surface area (Å²) in [6, 6.07) is 10.6. The van der Waals surface area contributed by atoms with Gasteiger partial charge in [-0.1, -0.05) is 27.7 Å². The quantitative estimate of drug-likeness (QED) is 0.894. The minimum atomic E-state index is -1.12. The highest BCUT2D eigenvalue weighted by Crippen LogP contribution is 2.33. The Bertz CT molecular complexity index is 728. The SMILES string of the molecule is N#Cc1cc(Br)ccc1Sc1cc(C(=O)O)ccc1F. The maximum absolute atomic E-state index is 13.7. The van der Waals surface area contributed by atoms with E-state index in [0.717, 1.165) is 22.3 Å². The molecule has 1 N–H and O–H groups in total. The fourth-order valence-corrected chi connectivity index (χ4v) is 2.81. The number of carboxylic acids is 1. The summed E-state index contributed by atoms with van der Waals surface area (Å²) in [6.07, 6.45) is 0. The topological polar surface area (TPSA) is 61.1 Å². The first kappa shape index (κ1) is 14.6. The second kappa shape index (κ2) is 6.07. The number of halogens is 2. The van der Waals surface area contributed by atoms with E-state index in [1.54, 1.807) is 18.2 Å². The molecule has 6 heteroatoms. The van der Waals surface area contributed by atoms with Gasteiger partial charge >= 0.3 is 5.97 Å². The third-order valence-electron chi connectivity index (χ3n) is 2.46. The molecule has 3 nitrogen and oxygen atoms in total. The van der Waals surface area contributed by atoms with Crippen molar-refractivity contribution in [1.82, 2.24) is 0 Å². The zero-order chi connectivity index (χ0) is 14.7. The van der Waals surface area contributed by atoms with Crippen molar-refractivity contribution in [2.24, 2.45) is 0 Å². The van der Waals surface area contributed by atoms with Gasteiger partial charge in [0.2, 0.25) is 0 Å². The van der Waals surface area contributed by atoms with Gasteiger partial charge in [0.25, 0.3) is 0 Å². The van der Waals surface area contributed by atoms with E-state index in [1.807, 2.05) is 6.07 Å². The number of carboxylic acid groups (broad SMARTS) is 1. The second-order valence-corrected chi connectivity index (χ2v) is 5.80. The van der Waals surface area contributed by atoms with E-state index < -0.39 is 11.8 Å². The molecule has 0 saturated heterocycles. The smallest absolute Gasteiger partial charge is 0.335 e. The molecule has 0 fully saturated rings. The molecule has 2 aromatic rings. The van der Waals surface area contributed by atoms with Crippen molar-refractivity contribution >= 4 is 33.7 Å². The lowest BCUT2D eigenvalue weighted by molar-refractivity contribution is 0.0696. The van der Waals surface area contributed by atoms with Crippen molar-refractivity contribution in [3.8, 4) is 6.07 Å². The molecule has 0 aliphatic rings. The van der Waals surface area contributed by atoms with Gasteiger partial charge < -0.3 is 5.11 Å². The maximum Gasteiger partial charge on any atom is 0.335 e. The summed E-state index contributed by atoms with van der Waals surface area (Å²) in [5, 5.41) is 18.0. The molecular formula is C14H7BrFNO2S. The average molecular weight is 352 g/mol. The molecular weight excluding hydrogens is 345 g/mol. The van der Waals surface area contributed by atoms with Crippen LogP contribution in [0, 0.1) is 17.1 Å². The predicted octanol–water partition coefficient (Wildman–Crippen LogP) is 4.31. The van der Waals surface area contributed by atoms with E-state index in [4.69, 9.17) is 10.4 Å². The number of carbonyl (C=O) groups is 1. The first-order valence-corrected chi connectivity index (χ1v) is 7.02. The number of rotatable bonds is 3. The summed E-state index contributed by atoms with van der Waals surface area (Å²) in [5.74, 6) is -1.64. The highest BCUT2D eigenvalue weighted by molar-refractivity contribution is 9.10. The number of aromatic carboxylic acids is 1. The number of nitrogens with zero attached hydrogens (tertiary/aromatic N) is 1. The van der Waals surface area contributed by atoms with Crippen molar-refractivity contribution < 1.29 is 14.3 Å². The van der Waals surface area contributed by atoms with E-state index >= 15 is 0 Å². The van der Waals surface area contributed by atoms with E-state index in [-0.39, 0.29) is 10.5 Å². The molecule has 0 radical (unpaired) electrons. The number of nitriles is 1. The number of benzene rings is 2. The summed E-state index contributed by atoms with van der Waals surface area (Å²) in [6.45, 7) is 0. The summed E-state index contributed by atoms with van der Waals surface area (Å²) >= 11 is 4.28. The van der Waals surface area contributed by atoms with Gasteiger partial charge in [0, 0.05) is 14.3 Å². The average Bonchev–Trinajstić information content (AvgIpc) is 2.42. The Labute approximate surface area is 127 Å². The Morgan fingerprint density at radius 3 is 2.65 bits per heavy atom. The first-order chi connectivity index (χ1) is 9.51. The predicted molar refractivity (Wildman–Crippen MR) is 76.3 cm³/mol.